The molecule has 6 heteroatoms. The van der Waals surface area contributed by atoms with Gasteiger partial charge in [0, 0.05) is 19.6 Å². The van der Waals surface area contributed by atoms with E-state index in [0.29, 0.717) is 19.6 Å². The minimum absolute atomic E-state index is 0.305. The highest BCUT2D eigenvalue weighted by atomic mass is 16.6. The third-order valence-electron chi connectivity index (χ3n) is 2.17. The lowest BCUT2D eigenvalue weighted by Crippen LogP contribution is -2.57. The van der Waals surface area contributed by atoms with Crippen molar-refractivity contribution in [1.82, 2.24) is 10.2 Å². The summed E-state index contributed by atoms with van der Waals surface area (Å²) in [6.07, 6.45) is -1.09. The second-order valence-corrected chi connectivity index (χ2v) is 4.73. The van der Waals surface area contributed by atoms with Crippen molar-refractivity contribution < 1.29 is 19.4 Å². The van der Waals surface area contributed by atoms with Crippen LogP contribution in [0.2, 0.25) is 0 Å². The van der Waals surface area contributed by atoms with Crippen molar-refractivity contribution in [2.24, 2.45) is 0 Å². The van der Waals surface area contributed by atoms with Crippen LogP contribution in [0.3, 0.4) is 0 Å². The lowest BCUT2D eigenvalue weighted by atomic mass is 10.1. The summed E-state index contributed by atoms with van der Waals surface area (Å²) in [5.41, 5.74) is -0.599. The number of nitrogens with zero attached hydrogens (tertiary/aromatic N) is 1. The Morgan fingerprint density at radius 2 is 2.06 bits per heavy atom. The molecular weight excluding hydrogens is 212 g/mol. The summed E-state index contributed by atoms with van der Waals surface area (Å²) in [5, 5.41) is 11.9. The maximum Gasteiger partial charge on any atom is 0.408 e. The molecule has 0 unspecified atom stereocenters. The second kappa shape index (κ2) is 4.69. The minimum atomic E-state index is -1.09. The van der Waals surface area contributed by atoms with Crippen molar-refractivity contribution in [3.8, 4) is 0 Å². The summed E-state index contributed by atoms with van der Waals surface area (Å²) < 4.78 is 5.17. The van der Waals surface area contributed by atoms with Crippen molar-refractivity contribution in [1.29, 1.82) is 0 Å². The van der Waals surface area contributed by atoms with Gasteiger partial charge < -0.3 is 15.2 Å². The van der Waals surface area contributed by atoms with Gasteiger partial charge in [0.25, 0.3) is 0 Å². The molecule has 0 bridgehead atoms. The quantitative estimate of drug-likeness (QED) is 0.632. The van der Waals surface area contributed by atoms with E-state index in [1.165, 1.54) is 0 Å². The highest BCUT2D eigenvalue weighted by molar-refractivity contribution is 5.81. The fourth-order valence-corrected chi connectivity index (χ4v) is 1.51. The van der Waals surface area contributed by atoms with Gasteiger partial charge in [-0.05, 0) is 20.8 Å². The zero-order valence-corrected chi connectivity index (χ0v) is 9.82. The van der Waals surface area contributed by atoms with Crippen LogP contribution in [0.5, 0.6) is 0 Å². The molecule has 0 aromatic heterocycles. The van der Waals surface area contributed by atoms with Crippen molar-refractivity contribution in [2.75, 3.05) is 19.6 Å². The summed E-state index contributed by atoms with van der Waals surface area (Å²) in [4.78, 5) is 23.8. The first-order chi connectivity index (χ1) is 7.31. The van der Waals surface area contributed by atoms with Crippen LogP contribution in [0.1, 0.15) is 20.8 Å². The van der Waals surface area contributed by atoms with Gasteiger partial charge in [-0.25, -0.2) is 9.59 Å². The van der Waals surface area contributed by atoms with Crippen LogP contribution in [0.4, 0.5) is 4.79 Å². The van der Waals surface area contributed by atoms with E-state index in [-0.39, 0.29) is 0 Å². The van der Waals surface area contributed by atoms with Crippen LogP contribution < -0.4 is 5.32 Å². The highest BCUT2D eigenvalue weighted by Gasteiger charge is 2.34. The molecule has 6 nitrogen and oxygen atoms in total. The number of hydrogen-bond acceptors (Lipinski definition) is 4. The predicted molar refractivity (Wildman–Crippen MR) is 57.2 cm³/mol. The van der Waals surface area contributed by atoms with E-state index >= 15 is 0 Å². The molecule has 1 aliphatic rings. The lowest BCUT2D eigenvalue weighted by molar-refractivity contribution is -0.161. The number of carbonyl (C=O) groups excluding carboxylic acids is 1. The van der Waals surface area contributed by atoms with Crippen LogP contribution >= 0.6 is 0 Å². The fraction of sp³-hybridized carbons (Fsp3) is 0.800. The Labute approximate surface area is 94.6 Å². The maximum atomic E-state index is 11.8. The number of piperazine rings is 1. The zero-order valence-electron chi connectivity index (χ0n) is 9.82. The third-order valence-corrected chi connectivity index (χ3v) is 2.17. The fourth-order valence-electron chi connectivity index (χ4n) is 1.51. The molecule has 0 aliphatic carbocycles. The Hall–Kier alpha value is -1.30. The normalized spacial score (nSPS) is 21.7. The first-order valence-corrected chi connectivity index (χ1v) is 5.24. The lowest BCUT2D eigenvalue weighted by Gasteiger charge is -2.34. The Balaban J connectivity index is 2.68. The SMILES string of the molecule is CC(C)(C)OC(=O)[C@@H]1CNCCN1C(=O)O. The first-order valence-electron chi connectivity index (χ1n) is 5.24. The Kier molecular flexibility index (Phi) is 3.74. The number of nitrogens with one attached hydrogen (secondary N) is 1. The molecule has 1 amide bonds. The molecule has 1 saturated heterocycles. The minimum Gasteiger partial charge on any atom is -0.465 e. The predicted octanol–water partition coefficient (Wildman–Crippen LogP) is 0.280. The molecule has 1 heterocycles. The van der Waals surface area contributed by atoms with Crippen LogP contribution in [0.25, 0.3) is 0 Å². The van der Waals surface area contributed by atoms with Gasteiger partial charge in [0.05, 0.1) is 0 Å². The van der Waals surface area contributed by atoms with E-state index in [1.54, 1.807) is 20.8 Å². The number of carbonyl (C=O) groups is 2. The average molecular weight is 230 g/mol. The molecular formula is C10H18N2O4. The summed E-state index contributed by atoms with van der Waals surface area (Å²) >= 11 is 0. The maximum absolute atomic E-state index is 11.8. The van der Waals surface area contributed by atoms with Crippen LogP contribution in [-0.2, 0) is 9.53 Å². The van der Waals surface area contributed by atoms with Gasteiger partial charge in [0.1, 0.15) is 11.6 Å². The largest absolute Gasteiger partial charge is 0.465 e. The number of carboxylic acid groups (broad SMARTS) is 1. The van der Waals surface area contributed by atoms with Crippen LogP contribution in [0, 0.1) is 0 Å². The van der Waals surface area contributed by atoms with Crippen molar-refractivity contribution >= 4 is 12.1 Å². The number of hydrogen-bond donors (Lipinski definition) is 2. The molecule has 0 radical (unpaired) electrons. The van der Waals surface area contributed by atoms with Gasteiger partial charge in [-0.2, -0.15) is 0 Å². The monoisotopic (exact) mass is 230 g/mol. The summed E-state index contributed by atoms with van der Waals surface area (Å²) in [5.74, 6) is -0.498. The van der Waals surface area contributed by atoms with Gasteiger partial charge in [-0.3, -0.25) is 4.90 Å². The van der Waals surface area contributed by atoms with Crippen molar-refractivity contribution in [3.05, 3.63) is 0 Å². The molecule has 0 spiro atoms. The van der Waals surface area contributed by atoms with E-state index in [9.17, 15) is 9.59 Å². The molecule has 1 atom stereocenters. The van der Waals surface area contributed by atoms with Gasteiger partial charge >= 0.3 is 12.1 Å². The number of ether oxygens (including phenoxy) is 1. The molecule has 16 heavy (non-hydrogen) atoms. The standard InChI is InChI=1S/C10H18N2O4/c1-10(2,3)16-8(13)7-6-11-4-5-12(7)9(14)15/h7,11H,4-6H2,1-3H3,(H,14,15)/t7-/m0/s1. The van der Waals surface area contributed by atoms with Gasteiger partial charge in [0.15, 0.2) is 0 Å². The van der Waals surface area contributed by atoms with E-state index in [2.05, 4.69) is 5.32 Å². The van der Waals surface area contributed by atoms with E-state index in [4.69, 9.17) is 9.84 Å². The Morgan fingerprint density at radius 3 is 2.56 bits per heavy atom. The number of amides is 1. The second-order valence-electron chi connectivity index (χ2n) is 4.73. The van der Waals surface area contributed by atoms with Gasteiger partial charge in [-0.15, -0.1) is 0 Å². The molecule has 1 fully saturated rings. The zero-order chi connectivity index (χ0) is 12.3. The van der Waals surface area contributed by atoms with Crippen molar-refractivity contribution in [2.45, 2.75) is 32.4 Å². The number of rotatable bonds is 1. The third kappa shape index (κ3) is 3.37. The van der Waals surface area contributed by atoms with Crippen molar-refractivity contribution in [3.63, 3.8) is 0 Å². The molecule has 1 rings (SSSR count). The van der Waals surface area contributed by atoms with Crippen LogP contribution in [0.15, 0.2) is 0 Å². The highest BCUT2D eigenvalue weighted by Crippen LogP contribution is 2.12. The summed E-state index contributed by atoms with van der Waals surface area (Å²) in [6, 6.07) is -0.745. The topological polar surface area (TPSA) is 78.9 Å². The van der Waals surface area contributed by atoms with E-state index in [0.717, 1.165) is 4.90 Å². The molecule has 0 saturated carbocycles. The molecule has 92 valence electrons. The Bertz CT molecular complexity index is 285. The summed E-state index contributed by atoms with van der Waals surface area (Å²) in [6.45, 7) is 6.44. The molecule has 1 aliphatic heterocycles. The molecule has 0 aromatic rings. The Morgan fingerprint density at radius 1 is 1.44 bits per heavy atom. The van der Waals surface area contributed by atoms with Gasteiger partial charge in [0.2, 0.25) is 0 Å². The first kappa shape index (κ1) is 12.8. The molecule has 2 N–H and O–H groups in total. The van der Waals surface area contributed by atoms with Crippen LogP contribution in [-0.4, -0.2) is 53.3 Å². The smallest absolute Gasteiger partial charge is 0.408 e. The van der Waals surface area contributed by atoms with Gasteiger partial charge in [-0.1, -0.05) is 0 Å². The number of esters is 1. The summed E-state index contributed by atoms with van der Waals surface area (Å²) in [7, 11) is 0. The van der Waals surface area contributed by atoms with E-state index in [1.807, 2.05) is 0 Å². The molecule has 0 aromatic carbocycles. The average Bonchev–Trinajstić information content (AvgIpc) is 2.15. The van der Waals surface area contributed by atoms with E-state index < -0.39 is 23.7 Å².